The van der Waals surface area contributed by atoms with Gasteiger partial charge in [0, 0.05) is 38.1 Å². The molecule has 0 atom stereocenters. The van der Waals surface area contributed by atoms with Crippen LogP contribution in [0.25, 0.3) is 0 Å². The van der Waals surface area contributed by atoms with E-state index in [1.165, 1.54) is 12.3 Å². The lowest BCUT2D eigenvalue weighted by molar-refractivity contribution is -0.132. The SMILES string of the molecule is CC(C)NCc1cc(S(=O)(=O)NCCC(F)(F)F)cn1C. The van der Waals surface area contributed by atoms with E-state index in [9.17, 15) is 21.6 Å². The van der Waals surface area contributed by atoms with Gasteiger partial charge in [0.1, 0.15) is 0 Å². The summed E-state index contributed by atoms with van der Waals surface area (Å²) in [5.74, 6) is 0. The van der Waals surface area contributed by atoms with Gasteiger partial charge in [-0.25, -0.2) is 13.1 Å². The third kappa shape index (κ3) is 6.06. The molecule has 1 rings (SSSR count). The lowest BCUT2D eigenvalue weighted by atomic mass is 10.3. The third-order valence-electron chi connectivity index (χ3n) is 2.79. The zero-order valence-corrected chi connectivity index (χ0v) is 13.0. The number of rotatable bonds is 7. The third-order valence-corrected chi connectivity index (χ3v) is 4.21. The summed E-state index contributed by atoms with van der Waals surface area (Å²) in [7, 11) is -2.23. The molecule has 2 N–H and O–H groups in total. The van der Waals surface area contributed by atoms with Crippen LogP contribution in [0, 0.1) is 0 Å². The average molecular weight is 327 g/mol. The van der Waals surface area contributed by atoms with Gasteiger partial charge in [0.2, 0.25) is 10.0 Å². The fourth-order valence-electron chi connectivity index (χ4n) is 1.62. The minimum atomic E-state index is -4.38. The minimum absolute atomic E-state index is 0.0345. The summed E-state index contributed by atoms with van der Waals surface area (Å²) < 4.78 is 63.5. The van der Waals surface area contributed by atoms with Gasteiger partial charge in [0.15, 0.2) is 0 Å². The smallest absolute Gasteiger partial charge is 0.352 e. The number of nitrogens with zero attached hydrogens (tertiary/aromatic N) is 1. The van der Waals surface area contributed by atoms with Crippen molar-refractivity contribution in [1.29, 1.82) is 0 Å². The Labute approximate surface area is 122 Å². The number of hydrogen-bond donors (Lipinski definition) is 2. The topological polar surface area (TPSA) is 63.1 Å². The van der Waals surface area contributed by atoms with Crippen LogP contribution in [0.2, 0.25) is 0 Å². The number of nitrogens with one attached hydrogen (secondary N) is 2. The second-order valence-corrected chi connectivity index (χ2v) is 6.84. The molecule has 0 unspecified atom stereocenters. The van der Waals surface area contributed by atoms with Crippen molar-refractivity contribution in [2.75, 3.05) is 6.54 Å². The number of halogens is 3. The molecule has 0 aromatic carbocycles. The fraction of sp³-hybridized carbons (Fsp3) is 0.667. The molecule has 0 aliphatic carbocycles. The molecule has 0 fully saturated rings. The van der Waals surface area contributed by atoms with E-state index in [4.69, 9.17) is 0 Å². The highest BCUT2D eigenvalue weighted by Crippen LogP contribution is 2.19. The Hall–Kier alpha value is -1.06. The molecular weight excluding hydrogens is 307 g/mol. The van der Waals surface area contributed by atoms with E-state index in [0.29, 0.717) is 6.54 Å². The summed E-state index contributed by atoms with van der Waals surface area (Å²) in [4.78, 5) is -0.0345. The molecule has 0 radical (unpaired) electrons. The molecule has 21 heavy (non-hydrogen) atoms. The van der Waals surface area contributed by atoms with Gasteiger partial charge >= 0.3 is 6.18 Å². The minimum Gasteiger partial charge on any atom is -0.352 e. The van der Waals surface area contributed by atoms with Crippen LogP contribution < -0.4 is 10.0 Å². The summed E-state index contributed by atoms with van der Waals surface area (Å²) in [5, 5.41) is 3.15. The second-order valence-electron chi connectivity index (χ2n) is 5.08. The molecule has 0 amide bonds. The molecule has 0 aliphatic heterocycles. The normalized spacial score (nSPS) is 13.1. The summed E-state index contributed by atoms with van der Waals surface area (Å²) in [6.07, 6.45) is -4.19. The largest absolute Gasteiger partial charge is 0.390 e. The molecule has 5 nitrogen and oxygen atoms in total. The van der Waals surface area contributed by atoms with E-state index >= 15 is 0 Å². The maximum absolute atomic E-state index is 12.0. The first-order chi connectivity index (χ1) is 9.51. The molecule has 9 heteroatoms. The molecule has 122 valence electrons. The van der Waals surface area contributed by atoms with Gasteiger partial charge in [-0.3, -0.25) is 0 Å². The van der Waals surface area contributed by atoms with Crippen LogP contribution in [0.4, 0.5) is 13.2 Å². The maximum atomic E-state index is 12.0. The molecule has 1 aromatic heterocycles. The van der Waals surface area contributed by atoms with Crippen molar-refractivity contribution in [2.45, 2.75) is 43.9 Å². The number of aromatic nitrogens is 1. The van der Waals surface area contributed by atoms with Crippen LogP contribution in [0.3, 0.4) is 0 Å². The van der Waals surface area contributed by atoms with Gasteiger partial charge in [-0.05, 0) is 6.07 Å². The predicted molar refractivity (Wildman–Crippen MR) is 73.2 cm³/mol. The van der Waals surface area contributed by atoms with Crippen molar-refractivity contribution in [2.24, 2.45) is 7.05 Å². The molecule has 0 spiro atoms. The van der Waals surface area contributed by atoms with Crippen LogP contribution >= 0.6 is 0 Å². The van der Waals surface area contributed by atoms with Crippen molar-refractivity contribution in [3.05, 3.63) is 18.0 Å². The molecule has 1 heterocycles. The van der Waals surface area contributed by atoms with Gasteiger partial charge < -0.3 is 9.88 Å². The van der Waals surface area contributed by atoms with Crippen LogP contribution in [-0.2, 0) is 23.6 Å². The van der Waals surface area contributed by atoms with E-state index in [-0.39, 0.29) is 10.9 Å². The number of sulfonamides is 1. The molecule has 0 saturated carbocycles. The number of alkyl halides is 3. The highest BCUT2D eigenvalue weighted by atomic mass is 32.2. The Morgan fingerprint density at radius 3 is 2.48 bits per heavy atom. The Bertz CT molecular complexity index is 565. The highest BCUT2D eigenvalue weighted by molar-refractivity contribution is 7.89. The monoisotopic (exact) mass is 327 g/mol. The molecule has 0 saturated heterocycles. The van der Waals surface area contributed by atoms with E-state index in [0.717, 1.165) is 5.69 Å². The molecular formula is C12H20F3N3O2S. The van der Waals surface area contributed by atoms with E-state index in [1.54, 1.807) is 11.6 Å². The summed E-state index contributed by atoms with van der Waals surface area (Å²) in [6, 6.07) is 1.69. The highest BCUT2D eigenvalue weighted by Gasteiger charge is 2.27. The Kier molecular flexibility index (Phi) is 5.83. The molecule has 0 aliphatic rings. The zero-order valence-electron chi connectivity index (χ0n) is 12.2. The molecule has 0 bridgehead atoms. The Morgan fingerprint density at radius 2 is 1.95 bits per heavy atom. The first-order valence-corrected chi connectivity index (χ1v) is 7.94. The van der Waals surface area contributed by atoms with Crippen molar-refractivity contribution in [3.63, 3.8) is 0 Å². The first-order valence-electron chi connectivity index (χ1n) is 6.46. The quantitative estimate of drug-likeness (QED) is 0.802. The van der Waals surface area contributed by atoms with Crippen LogP contribution in [0.5, 0.6) is 0 Å². The molecule has 1 aromatic rings. The van der Waals surface area contributed by atoms with Crippen LogP contribution in [0.1, 0.15) is 26.0 Å². The maximum Gasteiger partial charge on any atom is 0.390 e. The van der Waals surface area contributed by atoms with Gasteiger partial charge in [-0.2, -0.15) is 13.2 Å². The average Bonchev–Trinajstić information content (AvgIpc) is 2.66. The van der Waals surface area contributed by atoms with Crippen LogP contribution in [-0.4, -0.2) is 31.7 Å². The fourth-order valence-corrected chi connectivity index (χ4v) is 2.74. The summed E-state index contributed by atoms with van der Waals surface area (Å²) >= 11 is 0. The standard InChI is InChI=1S/C12H20F3N3O2S/c1-9(2)16-7-10-6-11(8-18(10)3)21(19,20)17-5-4-12(13,14)15/h6,8-9,16-17H,4-5,7H2,1-3H3. The Morgan fingerprint density at radius 1 is 1.33 bits per heavy atom. The van der Waals surface area contributed by atoms with Gasteiger partial charge in [-0.1, -0.05) is 13.8 Å². The summed E-state index contributed by atoms with van der Waals surface area (Å²) in [6.45, 7) is 3.73. The van der Waals surface area contributed by atoms with Crippen molar-refractivity contribution < 1.29 is 21.6 Å². The summed E-state index contributed by atoms with van der Waals surface area (Å²) in [5.41, 5.74) is 0.736. The van der Waals surface area contributed by atoms with Crippen molar-refractivity contribution in [3.8, 4) is 0 Å². The van der Waals surface area contributed by atoms with E-state index in [2.05, 4.69) is 5.32 Å². The lowest BCUT2D eigenvalue weighted by Gasteiger charge is -2.08. The second kappa shape index (κ2) is 6.80. The predicted octanol–water partition coefficient (Wildman–Crippen LogP) is 1.75. The number of aryl methyl sites for hydroxylation is 1. The lowest BCUT2D eigenvalue weighted by Crippen LogP contribution is -2.27. The van der Waals surface area contributed by atoms with Gasteiger partial charge in [0.05, 0.1) is 11.3 Å². The van der Waals surface area contributed by atoms with Crippen LogP contribution in [0.15, 0.2) is 17.2 Å². The van der Waals surface area contributed by atoms with Crippen molar-refractivity contribution in [1.82, 2.24) is 14.6 Å². The van der Waals surface area contributed by atoms with Gasteiger partial charge in [-0.15, -0.1) is 0 Å². The first kappa shape index (κ1) is 18.0. The van der Waals surface area contributed by atoms with E-state index in [1.807, 2.05) is 18.6 Å². The van der Waals surface area contributed by atoms with Gasteiger partial charge in [0.25, 0.3) is 0 Å². The zero-order chi connectivity index (χ0) is 16.3. The number of hydrogen-bond acceptors (Lipinski definition) is 3. The Balaban J connectivity index is 2.73. The van der Waals surface area contributed by atoms with E-state index < -0.39 is 29.2 Å². The van der Waals surface area contributed by atoms with Crippen molar-refractivity contribution >= 4 is 10.0 Å².